The molecule has 1 aliphatic carbocycles. The highest BCUT2D eigenvalue weighted by atomic mass is 15.1. The van der Waals surface area contributed by atoms with Crippen LogP contribution in [-0.2, 0) is 6.42 Å². The monoisotopic (exact) mass is 507 g/mol. The first-order chi connectivity index (χ1) is 19.2. The molecule has 6 aromatic rings. The summed E-state index contributed by atoms with van der Waals surface area (Å²) in [6, 6.07) is 16.5. The van der Waals surface area contributed by atoms with Crippen molar-refractivity contribution in [1.29, 1.82) is 0 Å². The predicted octanol–water partition coefficient (Wildman–Crippen LogP) is 7.07. The average molecular weight is 508 g/mol. The van der Waals surface area contributed by atoms with E-state index in [1.54, 1.807) is 6.20 Å². The molecular formula is C32H25N7. The van der Waals surface area contributed by atoms with E-state index in [4.69, 9.17) is 0 Å². The number of nitrogens with one attached hydrogen (secondary N) is 3. The molecule has 0 bridgehead atoms. The highest BCUT2D eigenvalue weighted by Crippen LogP contribution is 2.34. The highest BCUT2D eigenvalue weighted by molar-refractivity contribution is 6.00. The Bertz CT molecular complexity index is 1910. The van der Waals surface area contributed by atoms with Crippen LogP contribution in [0.2, 0.25) is 0 Å². The lowest BCUT2D eigenvalue weighted by molar-refractivity contribution is 1.11. The van der Waals surface area contributed by atoms with Gasteiger partial charge in [-0.15, -0.1) is 0 Å². The van der Waals surface area contributed by atoms with E-state index in [0.717, 1.165) is 74.2 Å². The van der Waals surface area contributed by atoms with Crippen molar-refractivity contribution in [3.63, 3.8) is 0 Å². The van der Waals surface area contributed by atoms with Crippen molar-refractivity contribution >= 4 is 33.1 Å². The van der Waals surface area contributed by atoms with Crippen molar-refractivity contribution in [3.05, 3.63) is 121 Å². The van der Waals surface area contributed by atoms with E-state index >= 15 is 0 Å². The minimum absolute atomic E-state index is 0.739. The SMILES string of the molecule is C=C(Cc1ccccc1)Nc1cncc(-c2cc3c(-c4cc5c(C6=CCC=C6)cncc5[nH]4)n[nH]c3cn2)c1. The predicted molar refractivity (Wildman–Crippen MR) is 157 cm³/mol. The van der Waals surface area contributed by atoms with Crippen LogP contribution >= 0.6 is 0 Å². The van der Waals surface area contributed by atoms with Crippen LogP contribution < -0.4 is 5.32 Å². The summed E-state index contributed by atoms with van der Waals surface area (Å²) >= 11 is 0. The number of allylic oxidation sites excluding steroid dienone is 5. The summed E-state index contributed by atoms with van der Waals surface area (Å²) in [5, 5.41) is 13.3. The number of hydrogen-bond donors (Lipinski definition) is 3. The van der Waals surface area contributed by atoms with Gasteiger partial charge in [0, 0.05) is 46.4 Å². The Hall–Kier alpha value is -5.30. The van der Waals surface area contributed by atoms with Gasteiger partial charge in [-0.2, -0.15) is 5.10 Å². The van der Waals surface area contributed by atoms with Crippen LogP contribution in [0.15, 0.2) is 110 Å². The molecular weight excluding hydrogens is 482 g/mol. The number of fused-ring (bicyclic) bond motifs is 2. The molecule has 39 heavy (non-hydrogen) atoms. The van der Waals surface area contributed by atoms with Gasteiger partial charge in [-0.25, -0.2) is 0 Å². The zero-order valence-electron chi connectivity index (χ0n) is 21.1. The Balaban J connectivity index is 1.21. The van der Waals surface area contributed by atoms with E-state index < -0.39 is 0 Å². The van der Waals surface area contributed by atoms with Crippen LogP contribution in [0.4, 0.5) is 5.69 Å². The molecule has 7 nitrogen and oxygen atoms in total. The first-order valence-corrected chi connectivity index (χ1v) is 12.8. The first-order valence-electron chi connectivity index (χ1n) is 12.8. The number of hydrogen-bond acceptors (Lipinski definition) is 5. The summed E-state index contributed by atoms with van der Waals surface area (Å²) in [7, 11) is 0. The normalized spacial score (nSPS) is 12.8. The zero-order chi connectivity index (χ0) is 26.2. The van der Waals surface area contributed by atoms with Crippen molar-refractivity contribution in [1.82, 2.24) is 30.1 Å². The Kier molecular flexibility index (Phi) is 5.59. The standard InChI is InChI=1S/C32H25N7/c1-20(11-21-7-3-2-4-8-21)36-24-12-23(15-33-16-24)28-14-26-31(19-35-28)38-39-32(26)29-13-25-27(22-9-5-6-10-22)17-34-18-30(25)37-29/h2-5,7-10,12-19,36-37H,1,6,11H2,(H,38,39). The number of benzene rings is 1. The minimum atomic E-state index is 0.739. The van der Waals surface area contributed by atoms with Gasteiger partial charge in [0.2, 0.25) is 0 Å². The van der Waals surface area contributed by atoms with Crippen LogP contribution in [-0.4, -0.2) is 30.1 Å². The van der Waals surface area contributed by atoms with Crippen LogP contribution in [0, 0.1) is 0 Å². The number of nitrogens with zero attached hydrogens (tertiary/aromatic N) is 4. The first kappa shape index (κ1) is 22.9. The molecule has 188 valence electrons. The number of aromatic nitrogens is 6. The third-order valence-electron chi connectivity index (χ3n) is 6.95. The molecule has 0 atom stereocenters. The van der Waals surface area contributed by atoms with Crippen LogP contribution in [0.25, 0.3) is 50.0 Å². The zero-order valence-corrected chi connectivity index (χ0v) is 21.1. The second-order valence-electron chi connectivity index (χ2n) is 9.67. The Morgan fingerprint density at radius 3 is 2.69 bits per heavy atom. The second-order valence-corrected chi connectivity index (χ2v) is 9.67. The van der Waals surface area contributed by atoms with Crippen molar-refractivity contribution in [2.45, 2.75) is 12.8 Å². The lowest BCUT2D eigenvalue weighted by Crippen LogP contribution is -2.02. The van der Waals surface area contributed by atoms with Crippen LogP contribution in [0.1, 0.15) is 17.5 Å². The van der Waals surface area contributed by atoms with E-state index in [-0.39, 0.29) is 0 Å². The molecule has 0 saturated heterocycles. The smallest absolute Gasteiger partial charge is 0.116 e. The van der Waals surface area contributed by atoms with Crippen LogP contribution in [0.5, 0.6) is 0 Å². The van der Waals surface area contributed by atoms with Gasteiger partial charge in [-0.3, -0.25) is 20.1 Å². The van der Waals surface area contributed by atoms with Gasteiger partial charge in [0.15, 0.2) is 0 Å². The van der Waals surface area contributed by atoms with E-state index in [0.29, 0.717) is 0 Å². The Morgan fingerprint density at radius 2 is 1.82 bits per heavy atom. The average Bonchev–Trinajstić information content (AvgIpc) is 3.73. The Morgan fingerprint density at radius 1 is 0.923 bits per heavy atom. The summed E-state index contributed by atoms with van der Waals surface area (Å²) in [6.45, 7) is 4.19. The fourth-order valence-electron chi connectivity index (χ4n) is 5.09. The molecule has 1 aliphatic rings. The number of aromatic amines is 2. The third-order valence-corrected chi connectivity index (χ3v) is 6.95. The Labute approximate surface area is 225 Å². The summed E-state index contributed by atoms with van der Waals surface area (Å²) < 4.78 is 0. The lowest BCUT2D eigenvalue weighted by atomic mass is 10.0. The van der Waals surface area contributed by atoms with E-state index in [1.165, 1.54) is 11.1 Å². The van der Waals surface area contributed by atoms with Crippen molar-refractivity contribution in [2.24, 2.45) is 0 Å². The van der Waals surface area contributed by atoms with Gasteiger partial charge >= 0.3 is 0 Å². The number of rotatable bonds is 7. The third kappa shape index (κ3) is 4.40. The molecule has 7 heteroatoms. The van der Waals surface area contributed by atoms with Crippen molar-refractivity contribution < 1.29 is 0 Å². The van der Waals surface area contributed by atoms with Gasteiger partial charge in [-0.05, 0) is 35.8 Å². The van der Waals surface area contributed by atoms with E-state index in [2.05, 4.69) is 84.5 Å². The van der Waals surface area contributed by atoms with Crippen molar-refractivity contribution in [2.75, 3.05) is 5.32 Å². The van der Waals surface area contributed by atoms with Gasteiger partial charge in [0.25, 0.3) is 0 Å². The number of anilines is 1. The van der Waals surface area contributed by atoms with Crippen molar-refractivity contribution in [3.8, 4) is 22.6 Å². The number of H-pyrrole nitrogens is 2. The topological polar surface area (TPSA) is 95.2 Å². The fourth-order valence-corrected chi connectivity index (χ4v) is 5.09. The molecule has 0 aliphatic heterocycles. The molecule has 0 radical (unpaired) electrons. The maximum atomic E-state index is 4.68. The summed E-state index contributed by atoms with van der Waals surface area (Å²) in [6.07, 6.45) is 17.5. The quantitative estimate of drug-likeness (QED) is 0.215. The molecule has 0 unspecified atom stereocenters. The molecule has 0 saturated carbocycles. The van der Waals surface area contributed by atoms with Crippen LogP contribution in [0.3, 0.4) is 0 Å². The summed E-state index contributed by atoms with van der Waals surface area (Å²) in [4.78, 5) is 17.1. The van der Waals surface area contributed by atoms with Gasteiger partial charge < -0.3 is 10.3 Å². The maximum absolute atomic E-state index is 4.68. The molecule has 1 aromatic carbocycles. The lowest BCUT2D eigenvalue weighted by Gasteiger charge is -2.11. The van der Waals surface area contributed by atoms with E-state index in [9.17, 15) is 0 Å². The molecule has 0 fully saturated rings. The molecule has 5 aromatic heterocycles. The minimum Gasteiger partial charge on any atom is -0.358 e. The van der Waals surface area contributed by atoms with E-state index in [1.807, 2.05) is 49.1 Å². The largest absolute Gasteiger partial charge is 0.358 e. The summed E-state index contributed by atoms with van der Waals surface area (Å²) in [5.74, 6) is 0. The fraction of sp³-hybridized carbons (Fsp3) is 0.0625. The van der Waals surface area contributed by atoms with Gasteiger partial charge in [0.1, 0.15) is 5.69 Å². The molecule has 0 spiro atoms. The van der Waals surface area contributed by atoms with Gasteiger partial charge in [-0.1, -0.05) is 55.1 Å². The number of pyridine rings is 3. The molecule has 0 amide bonds. The molecule has 7 rings (SSSR count). The molecule has 5 heterocycles. The summed E-state index contributed by atoms with van der Waals surface area (Å²) in [5.41, 5.74) is 10.6. The van der Waals surface area contributed by atoms with Gasteiger partial charge in [0.05, 0.1) is 46.7 Å². The second kappa shape index (κ2) is 9.54. The highest BCUT2D eigenvalue weighted by Gasteiger charge is 2.16. The maximum Gasteiger partial charge on any atom is 0.116 e. The molecule has 3 N–H and O–H groups in total.